The van der Waals surface area contributed by atoms with E-state index < -0.39 is 8.56 Å². The largest absolute Gasteiger partial charge is 0.397 e. The molecule has 0 amide bonds. The second-order valence-electron chi connectivity index (χ2n) is 3.04. The molecule has 0 spiro atoms. The third-order valence-electron chi connectivity index (χ3n) is 2.50. The van der Waals surface area contributed by atoms with Crippen LogP contribution in [0.15, 0.2) is 12.2 Å². The van der Waals surface area contributed by atoms with Crippen LogP contribution < -0.4 is 0 Å². The van der Waals surface area contributed by atoms with E-state index in [1.807, 2.05) is 0 Å². The van der Waals surface area contributed by atoms with Gasteiger partial charge in [0, 0.05) is 19.8 Å². The molecule has 0 aromatic carbocycles. The molecule has 2 nitrogen and oxygen atoms in total. The van der Waals surface area contributed by atoms with Gasteiger partial charge in [0.15, 0.2) is 0 Å². The van der Waals surface area contributed by atoms with Gasteiger partial charge in [0.2, 0.25) is 0 Å². The number of hydrogen-bond donors (Lipinski definition) is 0. The van der Waals surface area contributed by atoms with E-state index in [0.29, 0.717) is 5.54 Å². The summed E-state index contributed by atoms with van der Waals surface area (Å²) in [6.07, 6.45) is 6.83. The van der Waals surface area contributed by atoms with Gasteiger partial charge in [-0.05, 0) is 19.4 Å². The van der Waals surface area contributed by atoms with E-state index in [0.717, 1.165) is 0 Å². The summed E-state index contributed by atoms with van der Waals surface area (Å²) in [5.74, 6) is 0. The van der Waals surface area contributed by atoms with Crippen LogP contribution in [0.1, 0.15) is 12.8 Å². The normalized spacial score (nSPS) is 24.5. The van der Waals surface area contributed by atoms with Gasteiger partial charge in [-0.3, -0.25) is 0 Å². The van der Waals surface area contributed by atoms with Crippen LogP contribution in [0, 0.1) is 0 Å². The number of rotatable bonds is 3. The van der Waals surface area contributed by atoms with Crippen LogP contribution >= 0.6 is 0 Å². The Hall–Kier alpha value is -0.123. The van der Waals surface area contributed by atoms with Crippen LogP contribution in [0.25, 0.3) is 0 Å². The van der Waals surface area contributed by atoms with Gasteiger partial charge in [-0.2, -0.15) is 0 Å². The summed E-state index contributed by atoms with van der Waals surface area (Å²) in [6.45, 7) is 2.12. The monoisotopic (exact) mass is 172 g/mol. The fraction of sp³-hybridized carbons (Fsp3) is 0.750. The Kier molecular flexibility index (Phi) is 2.87. The second kappa shape index (κ2) is 3.52. The maximum atomic E-state index is 5.44. The molecule has 0 aromatic heterocycles. The van der Waals surface area contributed by atoms with E-state index >= 15 is 0 Å². The van der Waals surface area contributed by atoms with Crippen molar-refractivity contribution < 1.29 is 8.85 Å². The Morgan fingerprint density at radius 1 is 1.36 bits per heavy atom. The van der Waals surface area contributed by atoms with E-state index in [-0.39, 0.29) is 0 Å². The van der Waals surface area contributed by atoms with E-state index in [1.165, 1.54) is 12.8 Å². The molecule has 3 heteroatoms. The van der Waals surface area contributed by atoms with Crippen LogP contribution in [-0.2, 0) is 8.85 Å². The number of allylic oxidation sites excluding steroid dienone is 2. The zero-order valence-corrected chi connectivity index (χ0v) is 8.46. The maximum Gasteiger partial charge on any atom is 0.341 e. The Balaban J connectivity index is 2.60. The molecule has 1 unspecified atom stereocenters. The summed E-state index contributed by atoms with van der Waals surface area (Å²) < 4.78 is 10.9. The van der Waals surface area contributed by atoms with Gasteiger partial charge in [-0.25, -0.2) is 0 Å². The van der Waals surface area contributed by atoms with Crippen molar-refractivity contribution in [3.8, 4) is 0 Å². The highest BCUT2D eigenvalue weighted by molar-refractivity contribution is 6.68. The Labute approximate surface area is 69.5 Å². The summed E-state index contributed by atoms with van der Waals surface area (Å²) in [4.78, 5) is 0. The molecular weight excluding hydrogens is 156 g/mol. The summed E-state index contributed by atoms with van der Waals surface area (Å²) in [7, 11) is 1.65. The highest BCUT2D eigenvalue weighted by Crippen LogP contribution is 2.33. The smallest absolute Gasteiger partial charge is 0.341 e. The molecule has 0 bridgehead atoms. The average molecular weight is 172 g/mol. The zero-order chi connectivity index (χ0) is 8.32. The van der Waals surface area contributed by atoms with Gasteiger partial charge in [0.25, 0.3) is 0 Å². The van der Waals surface area contributed by atoms with Crippen molar-refractivity contribution in [3.63, 3.8) is 0 Å². The van der Waals surface area contributed by atoms with Gasteiger partial charge >= 0.3 is 8.56 Å². The van der Waals surface area contributed by atoms with Crippen LogP contribution in [0.4, 0.5) is 0 Å². The topological polar surface area (TPSA) is 18.5 Å². The van der Waals surface area contributed by atoms with Gasteiger partial charge in [-0.15, -0.1) is 0 Å². The van der Waals surface area contributed by atoms with Gasteiger partial charge in [-0.1, -0.05) is 12.2 Å². The molecule has 11 heavy (non-hydrogen) atoms. The third kappa shape index (κ3) is 1.72. The molecular formula is C8H16O2Si. The predicted octanol–water partition coefficient (Wildman–Crippen LogP) is 2.07. The van der Waals surface area contributed by atoms with E-state index in [9.17, 15) is 0 Å². The minimum absolute atomic E-state index is 0.553. The zero-order valence-electron chi connectivity index (χ0n) is 7.46. The predicted molar refractivity (Wildman–Crippen MR) is 47.8 cm³/mol. The molecule has 0 aromatic rings. The van der Waals surface area contributed by atoms with Crippen molar-refractivity contribution in [1.29, 1.82) is 0 Å². The molecule has 0 radical (unpaired) electrons. The van der Waals surface area contributed by atoms with E-state index in [4.69, 9.17) is 8.85 Å². The van der Waals surface area contributed by atoms with Crippen LogP contribution in [0.5, 0.6) is 0 Å². The Morgan fingerprint density at radius 2 is 2.00 bits per heavy atom. The van der Waals surface area contributed by atoms with Crippen molar-refractivity contribution in [2.24, 2.45) is 0 Å². The molecule has 0 aliphatic heterocycles. The first-order valence-corrected chi connectivity index (χ1v) is 6.39. The lowest BCUT2D eigenvalue weighted by molar-refractivity contribution is 0.241. The lowest BCUT2D eigenvalue weighted by Gasteiger charge is -2.27. The van der Waals surface area contributed by atoms with Crippen molar-refractivity contribution in [2.45, 2.75) is 24.9 Å². The fourth-order valence-corrected chi connectivity index (χ4v) is 3.40. The lowest BCUT2D eigenvalue weighted by atomic mass is 10.4. The number of hydrogen-bond acceptors (Lipinski definition) is 2. The van der Waals surface area contributed by atoms with Gasteiger partial charge < -0.3 is 8.85 Å². The molecule has 0 saturated carbocycles. The first kappa shape index (κ1) is 8.97. The molecule has 0 fully saturated rings. The van der Waals surface area contributed by atoms with Crippen molar-refractivity contribution >= 4 is 8.56 Å². The summed E-state index contributed by atoms with van der Waals surface area (Å²) in [5.41, 5.74) is 0.553. The van der Waals surface area contributed by atoms with Gasteiger partial charge in [0.05, 0.1) is 0 Å². The lowest BCUT2D eigenvalue weighted by Crippen LogP contribution is -2.40. The minimum atomic E-state index is -1.85. The van der Waals surface area contributed by atoms with E-state index in [2.05, 4.69) is 18.7 Å². The maximum absolute atomic E-state index is 5.44. The molecule has 0 N–H and O–H groups in total. The quantitative estimate of drug-likeness (QED) is 0.479. The van der Waals surface area contributed by atoms with Crippen molar-refractivity contribution in [2.75, 3.05) is 14.2 Å². The fourth-order valence-electron chi connectivity index (χ4n) is 1.46. The molecule has 1 atom stereocenters. The second-order valence-corrected chi connectivity index (χ2v) is 6.63. The Morgan fingerprint density at radius 3 is 2.36 bits per heavy atom. The molecule has 64 valence electrons. The summed E-state index contributed by atoms with van der Waals surface area (Å²) in [5, 5.41) is 0. The third-order valence-corrected chi connectivity index (χ3v) is 5.95. The highest BCUT2D eigenvalue weighted by Gasteiger charge is 2.38. The average Bonchev–Trinajstić information content (AvgIpc) is 2.55. The molecule has 1 aliphatic carbocycles. The first-order chi connectivity index (χ1) is 5.23. The summed E-state index contributed by atoms with van der Waals surface area (Å²) >= 11 is 0. The summed E-state index contributed by atoms with van der Waals surface area (Å²) in [6, 6.07) is 0. The molecule has 0 saturated heterocycles. The van der Waals surface area contributed by atoms with Crippen LogP contribution in [0.2, 0.25) is 12.1 Å². The van der Waals surface area contributed by atoms with Crippen LogP contribution in [-0.4, -0.2) is 22.8 Å². The SMILES string of the molecule is CO[Si](C)(OC)C1C=CCC1. The highest BCUT2D eigenvalue weighted by atomic mass is 28.4. The first-order valence-electron chi connectivity index (χ1n) is 4.00. The molecule has 0 heterocycles. The van der Waals surface area contributed by atoms with Crippen molar-refractivity contribution in [1.82, 2.24) is 0 Å². The van der Waals surface area contributed by atoms with Crippen molar-refractivity contribution in [3.05, 3.63) is 12.2 Å². The van der Waals surface area contributed by atoms with Crippen LogP contribution in [0.3, 0.4) is 0 Å². The molecule has 1 aliphatic rings. The van der Waals surface area contributed by atoms with Gasteiger partial charge in [0.1, 0.15) is 0 Å². The minimum Gasteiger partial charge on any atom is -0.397 e. The Bertz CT molecular complexity index is 152. The van der Waals surface area contributed by atoms with E-state index in [1.54, 1.807) is 14.2 Å². The molecule has 1 rings (SSSR count). The standard InChI is InChI=1S/C8H16O2Si/c1-9-11(3,10-2)8-6-4-5-7-8/h4,6,8H,5,7H2,1-3H3.